The number of hydrogen-bond acceptors (Lipinski definition) is 3. The molecule has 2 saturated heterocycles. The Kier molecular flexibility index (Phi) is 16.8. The molecule has 41 heavy (non-hydrogen) atoms. The number of benzene rings is 2. The molecule has 2 aromatic carbocycles. The van der Waals surface area contributed by atoms with E-state index in [2.05, 4.69) is 45.2 Å². The van der Waals surface area contributed by atoms with Gasteiger partial charge in [-0.1, -0.05) is 29.0 Å². The number of quaternary nitrogens is 1. The van der Waals surface area contributed by atoms with Crippen LogP contribution in [0.3, 0.4) is 0 Å². The number of rotatable bonds is 4. The quantitative estimate of drug-likeness (QED) is 0.329. The Hall–Kier alpha value is -1.38. The van der Waals surface area contributed by atoms with Crippen LogP contribution in [-0.2, 0) is 9.59 Å². The van der Waals surface area contributed by atoms with Gasteiger partial charge in [-0.05, 0) is 118 Å². The lowest BCUT2D eigenvalue weighted by Gasteiger charge is -2.31. The maximum absolute atomic E-state index is 13.2. The minimum absolute atomic E-state index is 0. The van der Waals surface area contributed by atoms with Crippen molar-refractivity contribution in [1.82, 2.24) is 4.90 Å². The predicted octanol–water partition coefficient (Wildman–Crippen LogP) is 2.37. The van der Waals surface area contributed by atoms with Crippen molar-refractivity contribution in [3.05, 3.63) is 58.2 Å². The van der Waals surface area contributed by atoms with E-state index in [9.17, 15) is 18.4 Å². The van der Waals surface area contributed by atoms with E-state index < -0.39 is 0 Å². The highest BCUT2D eigenvalue weighted by Crippen LogP contribution is 2.24. The fourth-order valence-corrected chi connectivity index (χ4v) is 5.57. The van der Waals surface area contributed by atoms with Crippen molar-refractivity contribution in [3.8, 4) is 0 Å². The number of likely N-dealkylation sites (tertiary alicyclic amines) is 2. The standard InChI is InChI=1S/2C15H21FN2O.CH3I.HI/c2*1-10-8-12(16)9-11(2)14(10)17-15(19)13-6-4-5-7-18(13)3;1-2;/h2*8-9,13H,4-7H2,1-3H3,(H,17,19);1H3;1H. The van der Waals surface area contributed by atoms with Crippen molar-refractivity contribution in [2.45, 2.75) is 78.3 Å². The summed E-state index contributed by atoms with van der Waals surface area (Å²) in [5.74, 6) is -0.453. The van der Waals surface area contributed by atoms with Crippen LogP contribution in [-0.4, -0.2) is 60.9 Å². The number of amides is 2. The fraction of sp³-hybridized carbons (Fsp3) is 0.548. The van der Waals surface area contributed by atoms with Gasteiger partial charge in [0, 0.05) is 17.8 Å². The van der Waals surface area contributed by atoms with Gasteiger partial charge < -0.3 is 39.5 Å². The van der Waals surface area contributed by atoms with Crippen LogP contribution in [0.1, 0.15) is 60.8 Å². The second-order valence-corrected chi connectivity index (χ2v) is 10.9. The molecule has 3 unspecified atom stereocenters. The molecule has 2 aliphatic heterocycles. The number of halogens is 4. The molecule has 3 atom stereocenters. The first-order valence-corrected chi connectivity index (χ1v) is 16.2. The van der Waals surface area contributed by atoms with Gasteiger partial charge in [0.05, 0.1) is 19.6 Å². The first kappa shape index (κ1) is 37.6. The Morgan fingerprint density at radius 1 is 0.805 bits per heavy atom. The number of alkyl halides is 1. The van der Waals surface area contributed by atoms with Crippen LogP contribution in [0.2, 0.25) is 0 Å². The number of aryl methyl sites for hydroxylation is 4. The van der Waals surface area contributed by atoms with Crippen LogP contribution in [0.25, 0.3) is 0 Å². The molecular weight excluding hydrogens is 752 g/mol. The van der Waals surface area contributed by atoms with Crippen LogP contribution < -0.4 is 39.5 Å². The van der Waals surface area contributed by atoms with Gasteiger partial charge in [-0.25, -0.2) is 8.78 Å². The average molecular weight is 799 g/mol. The highest BCUT2D eigenvalue weighted by molar-refractivity contribution is 14.1. The highest BCUT2D eigenvalue weighted by atomic mass is 127. The topological polar surface area (TPSA) is 65.9 Å². The minimum atomic E-state index is -0.261. The third-order valence-corrected chi connectivity index (χ3v) is 7.79. The van der Waals surface area contributed by atoms with E-state index in [1.165, 1.54) is 35.6 Å². The van der Waals surface area contributed by atoms with Gasteiger partial charge >= 0.3 is 0 Å². The zero-order valence-corrected chi connectivity index (χ0v) is 29.7. The number of nitrogens with zero attached hydrogens (tertiary/aromatic N) is 1. The van der Waals surface area contributed by atoms with Gasteiger partial charge in [0.1, 0.15) is 11.6 Å². The lowest BCUT2D eigenvalue weighted by Crippen LogP contribution is -3.15. The maximum atomic E-state index is 13.2. The van der Waals surface area contributed by atoms with Crippen molar-refractivity contribution in [3.63, 3.8) is 0 Å². The monoisotopic (exact) mass is 798 g/mol. The fourth-order valence-electron chi connectivity index (χ4n) is 5.57. The summed E-state index contributed by atoms with van der Waals surface area (Å²) in [4.78, 5) is 30.0. The second kappa shape index (κ2) is 18.3. The first-order valence-electron chi connectivity index (χ1n) is 14.0. The lowest BCUT2D eigenvalue weighted by atomic mass is 10.0. The zero-order chi connectivity index (χ0) is 30.0. The van der Waals surface area contributed by atoms with E-state index in [-0.39, 0.29) is 59.5 Å². The van der Waals surface area contributed by atoms with Gasteiger partial charge in [0.15, 0.2) is 6.04 Å². The summed E-state index contributed by atoms with van der Waals surface area (Å²) in [5, 5.41) is 5.94. The predicted molar refractivity (Wildman–Crippen MR) is 169 cm³/mol. The number of nitrogens with one attached hydrogen (secondary N) is 3. The normalized spacial score (nSPS) is 20.3. The molecule has 6 nitrogen and oxygen atoms in total. The Labute approximate surface area is 275 Å². The maximum Gasteiger partial charge on any atom is 0.282 e. The molecule has 2 amide bonds. The summed E-state index contributed by atoms with van der Waals surface area (Å²) in [5.41, 5.74) is 4.59. The van der Waals surface area contributed by atoms with Crippen molar-refractivity contribution in [2.24, 2.45) is 0 Å². The molecule has 3 N–H and O–H groups in total. The molecule has 2 aromatic rings. The Morgan fingerprint density at radius 2 is 1.24 bits per heavy atom. The van der Waals surface area contributed by atoms with Crippen molar-refractivity contribution < 1.29 is 47.2 Å². The largest absolute Gasteiger partial charge is 1.00 e. The highest BCUT2D eigenvalue weighted by Gasteiger charge is 2.30. The number of carbonyl (C=O) groups excluding carboxylic acids is 2. The van der Waals surface area contributed by atoms with E-state index in [0.717, 1.165) is 78.8 Å². The lowest BCUT2D eigenvalue weighted by molar-refractivity contribution is -0.901. The molecule has 2 heterocycles. The SMILES string of the molecule is CI.Cc1cc(F)cc(C)c1NC(=O)C1CCCCN1C.Cc1cc(F)cc(C)c1NC(=O)C1CCCC[NH+]1C.[I-]. The molecule has 230 valence electrons. The second-order valence-electron chi connectivity index (χ2n) is 10.9. The van der Waals surface area contributed by atoms with Crippen LogP contribution in [0.4, 0.5) is 20.2 Å². The van der Waals surface area contributed by atoms with Crippen LogP contribution >= 0.6 is 22.6 Å². The number of likely N-dealkylation sites (N-methyl/N-ethyl adjacent to an activating group) is 2. The van der Waals surface area contributed by atoms with Gasteiger partial charge in [-0.15, -0.1) is 0 Å². The Balaban J connectivity index is 0.000000378. The Bertz CT molecular complexity index is 1030. The van der Waals surface area contributed by atoms with E-state index in [1.54, 1.807) is 0 Å². The van der Waals surface area contributed by atoms with Gasteiger partial charge in [0.2, 0.25) is 5.91 Å². The zero-order valence-electron chi connectivity index (χ0n) is 25.4. The first-order chi connectivity index (χ1) is 19.0. The molecule has 0 radical (unpaired) electrons. The van der Waals surface area contributed by atoms with Crippen LogP contribution in [0.5, 0.6) is 0 Å². The summed E-state index contributed by atoms with van der Waals surface area (Å²) in [7, 11) is 4.04. The van der Waals surface area contributed by atoms with E-state index in [4.69, 9.17) is 0 Å². The van der Waals surface area contributed by atoms with Crippen molar-refractivity contribution in [2.75, 3.05) is 42.7 Å². The minimum Gasteiger partial charge on any atom is -1.00 e. The molecule has 2 fully saturated rings. The molecule has 2 aliphatic rings. The number of hydrogen-bond donors (Lipinski definition) is 3. The van der Waals surface area contributed by atoms with Crippen LogP contribution in [0, 0.1) is 39.3 Å². The smallest absolute Gasteiger partial charge is 0.282 e. The molecule has 4 rings (SSSR count). The number of piperidine rings is 2. The van der Waals surface area contributed by atoms with E-state index >= 15 is 0 Å². The molecule has 0 bridgehead atoms. The number of carbonyl (C=O) groups is 2. The molecule has 0 aromatic heterocycles. The molecule has 0 saturated carbocycles. The van der Waals surface area contributed by atoms with Crippen LogP contribution in [0.15, 0.2) is 24.3 Å². The van der Waals surface area contributed by atoms with Gasteiger partial charge in [-0.2, -0.15) is 0 Å². The summed E-state index contributed by atoms with van der Waals surface area (Å²) >= 11 is 2.15. The third kappa shape index (κ3) is 11.0. The summed E-state index contributed by atoms with van der Waals surface area (Å²) < 4.78 is 26.5. The average Bonchev–Trinajstić information content (AvgIpc) is 2.90. The van der Waals surface area contributed by atoms with Gasteiger partial charge in [-0.3, -0.25) is 14.5 Å². The molecule has 10 heteroatoms. The third-order valence-electron chi connectivity index (χ3n) is 7.79. The van der Waals surface area contributed by atoms with E-state index in [1.807, 2.05) is 39.7 Å². The molecular formula is C31H46F2I2N4O2. The van der Waals surface area contributed by atoms with Crippen molar-refractivity contribution in [1.29, 1.82) is 0 Å². The van der Waals surface area contributed by atoms with E-state index in [0.29, 0.717) is 0 Å². The summed E-state index contributed by atoms with van der Waals surface area (Å²) in [6, 6.07) is 5.76. The Morgan fingerprint density at radius 3 is 1.68 bits per heavy atom. The summed E-state index contributed by atoms with van der Waals surface area (Å²) in [6.45, 7) is 9.28. The van der Waals surface area contributed by atoms with Gasteiger partial charge in [0.25, 0.3) is 5.91 Å². The van der Waals surface area contributed by atoms with Crippen molar-refractivity contribution >= 4 is 45.8 Å². The summed E-state index contributed by atoms with van der Waals surface area (Å²) in [6.07, 6.45) is 6.35. The molecule has 0 aliphatic carbocycles. The molecule has 0 spiro atoms. The number of anilines is 2.